The highest BCUT2D eigenvalue weighted by Gasteiger charge is 2.15. The van der Waals surface area contributed by atoms with Crippen molar-refractivity contribution in [1.82, 2.24) is 0 Å². The minimum atomic E-state index is 0.832. The summed E-state index contributed by atoms with van der Waals surface area (Å²) in [5.74, 6) is 1.93. The van der Waals surface area contributed by atoms with Crippen LogP contribution in [-0.2, 0) is 0 Å². The Morgan fingerprint density at radius 3 is 2.33 bits per heavy atom. The minimum Gasteiger partial charge on any atom is -0.494 e. The molecule has 0 saturated carbocycles. The Bertz CT molecular complexity index is 471. The molecule has 0 amide bonds. The lowest BCUT2D eigenvalue weighted by atomic mass is 9.84. The molecule has 1 aliphatic rings. The molecular formula is C23H36O. The third kappa shape index (κ3) is 6.71. The lowest BCUT2D eigenvalue weighted by molar-refractivity contribution is 0.309. The highest BCUT2D eigenvalue weighted by molar-refractivity contribution is 5.66. The zero-order valence-electron chi connectivity index (χ0n) is 15.9. The van der Waals surface area contributed by atoms with E-state index < -0.39 is 0 Å². The molecule has 1 aromatic carbocycles. The van der Waals surface area contributed by atoms with Gasteiger partial charge in [0.25, 0.3) is 0 Å². The van der Waals surface area contributed by atoms with E-state index in [0.29, 0.717) is 0 Å². The molecule has 0 heterocycles. The van der Waals surface area contributed by atoms with Gasteiger partial charge >= 0.3 is 0 Å². The SMILES string of the molecule is CCCCCCCC1CC=C(c2ccc(OCCCC)cc2)CC1. The highest BCUT2D eigenvalue weighted by atomic mass is 16.5. The van der Waals surface area contributed by atoms with Crippen LogP contribution in [0.25, 0.3) is 5.57 Å². The first kappa shape index (κ1) is 19.1. The van der Waals surface area contributed by atoms with Crippen LogP contribution < -0.4 is 4.74 Å². The molecule has 0 N–H and O–H groups in total. The quantitative estimate of drug-likeness (QED) is 0.384. The Balaban J connectivity index is 1.73. The molecule has 0 saturated heterocycles. The maximum Gasteiger partial charge on any atom is 0.119 e. The van der Waals surface area contributed by atoms with Gasteiger partial charge in [-0.1, -0.05) is 77.0 Å². The summed E-state index contributed by atoms with van der Waals surface area (Å²) in [6.07, 6.45) is 17.2. The summed E-state index contributed by atoms with van der Waals surface area (Å²) in [7, 11) is 0. The van der Waals surface area contributed by atoms with Crippen LogP contribution in [0.1, 0.15) is 90.0 Å². The van der Waals surface area contributed by atoms with E-state index in [0.717, 1.165) is 24.7 Å². The standard InChI is InChI=1S/C23H36O/c1-3-5-7-8-9-10-20-11-13-21(14-12-20)22-15-17-23(18-16-22)24-19-6-4-2/h13,15-18,20H,3-12,14,19H2,1-2H3. The first-order valence-electron chi connectivity index (χ1n) is 10.3. The summed E-state index contributed by atoms with van der Waals surface area (Å²) in [6, 6.07) is 8.73. The van der Waals surface area contributed by atoms with E-state index in [1.807, 2.05) is 0 Å². The predicted molar refractivity (Wildman–Crippen MR) is 106 cm³/mol. The summed E-state index contributed by atoms with van der Waals surface area (Å²) >= 11 is 0. The van der Waals surface area contributed by atoms with Crippen LogP contribution in [0.2, 0.25) is 0 Å². The monoisotopic (exact) mass is 328 g/mol. The van der Waals surface area contributed by atoms with Gasteiger partial charge in [-0.25, -0.2) is 0 Å². The molecule has 1 aromatic rings. The van der Waals surface area contributed by atoms with Crippen molar-refractivity contribution in [1.29, 1.82) is 0 Å². The third-order valence-electron chi connectivity index (χ3n) is 5.23. The van der Waals surface area contributed by atoms with E-state index in [2.05, 4.69) is 44.2 Å². The molecular weight excluding hydrogens is 292 g/mol. The van der Waals surface area contributed by atoms with Crippen molar-refractivity contribution in [2.24, 2.45) is 5.92 Å². The molecule has 2 rings (SSSR count). The molecule has 0 aromatic heterocycles. The van der Waals surface area contributed by atoms with E-state index >= 15 is 0 Å². The van der Waals surface area contributed by atoms with Crippen LogP contribution in [0.5, 0.6) is 5.75 Å². The lowest BCUT2D eigenvalue weighted by Crippen LogP contribution is -2.05. The van der Waals surface area contributed by atoms with Gasteiger partial charge in [-0.05, 0) is 54.9 Å². The van der Waals surface area contributed by atoms with Crippen LogP contribution in [0.3, 0.4) is 0 Å². The lowest BCUT2D eigenvalue weighted by Gasteiger charge is -2.22. The maximum absolute atomic E-state index is 5.76. The smallest absolute Gasteiger partial charge is 0.119 e. The predicted octanol–water partition coefficient (Wildman–Crippen LogP) is 7.41. The number of unbranched alkanes of at least 4 members (excludes halogenated alkanes) is 5. The number of benzene rings is 1. The molecule has 1 atom stereocenters. The number of allylic oxidation sites excluding steroid dienone is 2. The van der Waals surface area contributed by atoms with E-state index in [1.165, 1.54) is 75.3 Å². The van der Waals surface area contributed by atoms with Crippen molar-refractivity contribution >= 4 is 5.57 Å². The topological polar surface area (TPSA) is 9.23 Å². The normalized spacial score (nSPS) is 17.6. The molecule has 1 aliphatic carbocycles. The molecule has 0 spiro atoms. The molecule has 0 radical (unpaired) electrons. The van der Waals surface area contributed by atoms with Crippen molar-refractivity contribution in [2.75, 3.05) is 6.61 Å². The summed E-state index contributed by atoms with van der Waals surface area (Å²) in [5, 5.41) is 0. The maximum atomic E-state index is 5.76. The van der Waals surface area contributed by atoms with Crippen LogP contribution in [0, 0.1) is 5.92 Å². The summed E-state index contributed by atoms with van der Waals surface area (Å²) < 4.78 is 5.76. The van der Waals surface area contributed by atoms with Crippen LogP contribution in [-0.4, -0.2) is 6.61 Å². The molecule has 1 heteroatoms. The first-order valence-corrected chi connectivity index (χ1v) is 10.3. The largest absolute Gasteiger partial charge is 0.494 e. The van der Waals surface area contributed by atoms with E-state index in [1.54, 1.807) is 0 Å². The van der Waals surface area contributed by atoms with Crippen LogP contribution in [0.15, 0.2) is 30.3 Å². The highest BCUT2D eigenvalue weighted by Crippen LogP contribution is 2.33. The second kappa shape index (κ2) is 11.3. The fraction of sp³-hybridized carbons (Fsp3) is 0.652. The number of ether oxygens (including phenoxy) is 1. The Hall–Kier alpha value is -1.24. The van der Waals surface area contributed by atoms with Crippen molar-refractivity contribution in [3.8, 4) is 5.75 Å². The minimum absolute atomic E-state index is 0.832. The van der Waals surface area contributed by atoms with Gasteiger partial charge in [-0.15, -0.1) is 0 Å². The Morgan fingerprint density at radius 1 is 0.917 bits per heavy atom. The van der Waals surface area contributed by atoms with Gasteiger partial charge in [0.15, 0.2) is 0 Å². The van der Waals surface area contributed by atoms with Crippen LogP contribution >= 0.6 is 0 Å². The Morgan fingerprint density at radius 2 is 1.67 bits per heavy atom. The van der Waals surface area contributed by atoms with E-state index in [4.69, 9.17) is 4.74 Å². The summed E-state index contributed by atoms with van der Waals surface area (Å²) in [5.41, 5.74) is 2.93. The Kier molecular flexibility index (Phi) is 9.02. The molecule has 0 bridgehead atoms. The van der Waals surface area contributed by atoms with Crippen LogP contribution in [0.4, 0.5) is 0 Å². The van der Waals surface area contributed by atoms with Crippen molar-refractivity contribution in [3.05, 3.63) is 35.9 Å². The number of rotatable bonds is 11. The molecule has 1 nitrogen and oxygen atoms in total. The average Bonchev–Trinajstić information content (AvgIpc) is 2.63. The molecule has 134 valence electrons. The summed E-state index contributed by atoms with van der Waals surface area (Å²) in [4.78, 5) is 0. The number of hydrogen-bond donors (Lipinski definition) is 0. The molecule has 1 unspecified atom stereocenters. The Labute approximate surface area is 149 Å². The van der Waals surface area contributed by atoms with Crippen molar-refractivity contribution < 1.29 is 4.74 Å². The van der Waals surface area contributed by atoms with Gasteiger partial charge in [-0.2, -0.15) is 0 Å². The van der Waals surface area contributed by atoms with Gasteiger partial charge in [0.05, 0.1) is 6.61 Å². The second-order valence-electron chi connectivity index (χ2n) is 7.30. The second-order valence-corrected chi connectivity index (χ2v) is 7.30. The van der Waals surface area contributed by atoms with E-state index in [-0.39, 0.29) is 0 Å². The van der Waals surface area contributed by atoms with Gasteiger partial charge < -0.3 is 4.74 Å². The zero-order valence-corrected chi connectivity index (χ0v) is 15.9. The van der Waals surface area contributed by atoms with Crippen molar-refractivity contribution in [2.45, 2.75) is 84.5 Å². The average molecular weight is 329 g/mol. The van der Waals surface area contributed by atoms with Crippen molar-refractivity contribution in [3.63, 3.8) is 0 Å². The third-order valence-corrected chi connectivity index (χ3v) is 5.23. The van der Waals surface area contributed by atoms with Gasteiger partial charge in [-0.3, -0.25) is 0 Å². The van der Waals surface area contributed by atoms with E-state index in [9.17, 15) is 0 Å². The number of hydrogen-bond acceptors (Lipinski definition) is 1. The van der Waals surface area contributed by atoms with Gasteiger partial charge in [0, 0.05) is 0 Å². The molecule has 24 heavy (non-hydrogen) atoms. The fourth-order valence-corrected chi connectivity index (χ4v) is 3.55. The zero-order chi connectivity index (χ0) is 17.0. The summed E-state index contributed by atoms with van der Waals surface area (Å²) in [6.45, 7) is 5.32. The molecule has 0 fully saturated rings. The van der Waals surface area contributed by atoms with Gasteiger partial charge in [0.1, 0.15) is 5.75 Å². The first-order chi connectivity index (χ1) is 11.8. The fourth-order valence-electron chi connectivity index (χ4n) is 3.55. The molecule has 0 aliphatic heterocycles. The van der Waals surface area contributed by atoms with Gasteiger partial charge in [0.2, 0.25) is 0 Å².